The van der Waals surface area contributed by atoms with Crippen LogP contribution in [0.15, 0.2) is 30.3 Å². The van der Waals surface area contributed by atoms with Gasteiger partial charge in [-0.1, -0.05) is 30.3 Å². The average Bonchev–Trinajstić information content (AvgIpc) is 3.52. The fraction of sp³-hybridized carbons (Fsp3) is 0.640. The third-order valence-electron chi connectivity index (χ3n) is 7.93. The summed E-state index contributed by atoms with van der Waals surface area (Å²) in [4.78, 5) is 28.2. The van der Waals surface area contributed by atoms with Gasteiger partial charge in [0.2, 0.25) is 5.82 Å². The molecule has 2 aromatic rings. The quantitative estimate of drug-likeness (QED) is 0.571. The van der Waals surface area contributed by atoms with Crippen LogP contribution < -0.4 is 5.32 Å². The number of hydrogen-bond donors (Lipinski definition) is 2. The molecule has 3 heterocycles. The van der Waals surface area contributed by atoms with Gasteiger partial charge in [-0.15, -0.1) is 10.2 Å². The molecule has 3 aliphatic rings. The third-order valence-corrected chi connectivity index (χ3v) is 7.93. The van der Waals surface area contributed by atoms with Crippen LogP contribution in [0.2, 0.25) is 0 Å². The van der Waals surface area contributed by atoms with Gasteiger partial charge in [-0.3, -0.25) is 14.5 Å². The summed E-state index contributed by atoms with van der Waals surface area (Å²) in [5.41, 5.74) is 0.911. The highest BCUT2D eigenvalue weighted by Gasteiger charge is 2.43. The van der Waals surface area contributed by atoms with Crippen molar-refractivity contribution in [1.82, 2.24) is 30.4 Å². The smallest absolute Gasteiger partial charge is 0.323 e. The van der Waals surface area contributed by atoms with Gasteiger partial charge < -0.3 is 15.2 Å². The molecule has 188 valence electrons. The number of carboxylic acid groups (broad SMARTS) is 1. The summed E-state index contributed by atoms with van der Waals surface area (Å²) in [5, 5.41) is 25.8. The van der Waals surface area contributed by atoms with E-state index < -0.39 is 12.0 Å². The van der Waals surface area contributed by atoms with Crippen molar-refractivity contribution in [2.75, 3.05) is 26.2 Å². The summed E-state index contributed by atoms with van der Waals surface area (Å²) < 4.78 is 5.41. The van der Waals surface area contributed by atoms with Crippen LogP contribution in [0.4, 0.5) is 0 Å². The van der Waals surface area contributed by atoms with E-state index in [4.69, 9.17) is 4.74 Å². The molecular weight excluding hydrogens is 448 g/mol. The molecule has 1 aromatic heterocycles. The minimum absolute atomic E-state index is 0.0546. The zero-order valence-electron chi connectivity index (χ0n) is 20.1. The fourth-order valence-electron chi connectivity index (χ4n) is 6.16. The molecule has 6 unspecified atom stereocenters. The molecular formula is C25H34N6O4. The van der Waals surface area contributed by atoms with Crippen molar-refractivity contribution >= 4 is 11.9 Å². The second kappa shape index (κ2) is 10.4. The number of benzene rings is 1. The molecule has 3 fully saturated rings. The van der Waals surface area contributed by atoms with Crippen molar-refractivity contribution < 1.29 is 19.4 Å². The normalized spacial score (nSPS) is 31.1. The number of hydrogen-bond acceptors (Lipinski definition) is 8. The van der Waals surface area contributed by atoms with E-state index in [1.165, 1.54) is 0 Å². The van der Waals surface area contributed by atoms with Crippen LogP contribution in [0.3, 0.4) is 0 Å². The first-order chi connectivity index (χ1) is 17.0. The standard InChI is InChI=1S/C25H34N6O4/c1-2-35-25(34)22-12-20(31-28-23(27-29-31)17-6-4-3-5-7-17)15-30(22)14-16-8-9-18-13-26-21(24(32)33)11-19(18)10-16/h3-7,16,18-22,26H,2,8-15H2,1H3,(H,32,33). The molecule has 10 heteroatoms. The number of likely N-dealkylation sites (tertiary alicyclic amines) is 1. The number of nitrogens with one attached hydrogen (secondary N) is 1. The van der Waals surface area contributed by atoms with E-state index >= 15 is 0 Å². The van der Waals surface area contributed by atoms with Gasteiger partial charge in [0.1, 0.15) is 12.1 Å². The number of aromatic nitrogens is 4. The van der Waals surface area contributed by atoms with E-state index in [9.17, 15) is 14.7 Å². The first kappa shape index (κ1) is 23.9. The lowest BCUT2D eigenvalue weighted by Crippen LogP contribution is -2.50. The van der Waals surface area contributed by atoms with Crippen molar-refractivity contribution in [3.63, 3.8) is 0 Å². The monoisotopic (exact) mass is 482 g/mol. The summed E-state index contributed by atoms with van der Waals surface area (Å²) in [6.45, 7) is 4.43. The Labute approximate surface area is 205 Å². The number of fused-ring (bicyclic) bond motifs is 1. The number of ether oxygens (including phenoxy) is 1. The Morgan fingerprint density at radius 1 is 1.14 bits per heavy atom. The van der Waals surface area contributed by atoms with E-state index in [0.717, 1.165) is 37.9 Å². The van der Waals surface area contributed by atoms with Crippen LogP contribution >= 0.6 is 0 Å². The maximum atomic E-state index is 12.8. The first-order valence-corrected chi connectivity index (χ1v) is 12.7. The Morgan fingerprint density at radius 3 is 2.74 bits per heavy atom. The molecule has 0 radical (unpaired) electrons. The van der Waals surface area contributed by atoms with Crippen molar-refractivity contribution in [2.24, 2.45) is 17.8 Å². The first-order valence-electron chi connectivity index (χ1n) is 12.7. The minimum Gasteiger partial charge on any atom is -0.480 e. The van der Waals surface area contributed by atoms with Crippen LogP contribution in [0, 0.1) is 17.8 Å². The molecule has 1 aromatic carbocycles. The fourth-order valence-corrected chi connectivity index (χ4v) is 6.16. The van der Waals surface area contributed by atoms with Crippen LogP contribution in [0.1, 0.15) is 45.1 Å². The zero-order chi connectivity index (χ0) is 24.4. The van der Waals surface area contributed by atoms with E-state index in [1.54, 1.807) is 4.80 Å². The summed E-state index contributed by atoms with van der Waals surface area (Å²) in [5.74, 6) is 1.02. The van der Waals surface area contributed by atoms with Crippen LogP contribution in [0.5, 0.6) is 0 Å². The lowest BCUT2D eigenvalue weighted by Gasteiger charge is -2.42. The van der Waals surface area contributed by atoms with E-state index in [0.29, 0.717) is 49.6 Å². The maximum absolute atomic E-state index is 12.8. The second-order valence-corrected chi connectivity index (χ2v) is 10.1. The van der Waals surface area contributed by atoms with Gasteiger partial charge in [-0.2, -0.15) is 4.80 Å². The van der Waals surface area contributed by atoms with Crippen molar-refractivity contribution in [1.29, 1.82) is 0 Å². The Bertz CT molecular complexity index is 1030. The number of nitrogens with zero attached hydrogens (tertiary/aromatic N) is 5. The van der Waals surface area contributed by atoms with Crippen molar-refractivity contribution in [3.05, 3.63) is 30.3 Å². The lowest BCUT2D eigenvalue weighted by atomic mass is 9.69. The number of tetrazole rings is 1. The number of carboxylic acids is 1. The van der Waals surface area contributed by atoms with E-state index in [1.807, 2.05) is 37.3 Å². The summed E-state index contributed by atoms with van der Waals surface area (Å²) >= 11 is 0. The topological polar surface area (TPSA) is 122 Å². The molecule has 5 rings (SSSR count). The number of esters is 1. The average molecular weight is 483 g/mol. The summed E-state index contributed by atoms with van der Waals surface area (Å²) in [6, 6.07) is 8.91. The number of piperidine rings is 1. The highest BCUT2D eigenvalue weighted by Crippen LogP contribution is 2.40. The lowest BCUT2D eigenvalue weighted by molar-refractivity contribution is -0.149. The summed E-state index contributed by atoms with van der Waals surface area (Å²) in [7, 11) is 0. The highest BCUT2D eigenvalue weighted by atomic mass is 16.5. The van der Waals surface area contributed by atoms with E-state index in [-0.39, 0.29) is 18.1 Å². The predicted molar refractivity (Wildman–Crippen MR) is 127 cm³/mol. The Morgan fingerprint density at radius 2 is 1.97 bits per heavy atom. The number of carbonyl (C=O) groups is 2. The maximum Gasteiger partial charge on any atom is 0.323 e. The van der Waals surface area contributed by atoms with Gasteiger partial charge in [0.15, 0.2) is 0 Å². The third kappa shape index (κ3) is 5.23. The van der Waals surface area contributed by atoms with Gasteiger partial charge >= 0.3 is 11.9 Å². The Balaban J connectivity index is 1.27. The van der Waals surface area contributed by atoms with Gasteiger partial charge in [-0.25, -0.2) is 0 Å². The molecule has 0 amide bonds. The van der Waals surface area contributed by atoms with E-state index in [2.05, 4.69) is 25.6 Å². The molecule has 10 nitrogen and oxygen atoms in total. The molecule has 2 aliphatic heterocycles. The molecule has 6 atom stereocenters. The van der Waals surface area contributed by atoms with Crippen molar-refractivity contribution in [2.45, 2.75) is 57.2 Å². The minimum atomic E-state index is -0.759. The second-order valence-electron chi connectivity index (χ2n) is 10.1. The Kier molecular flexibility index (Phi) is 7.10. The number of aliphatic carboxylic acids is 1. The van der Waals surface area contributed by atoms with Gasteiger partial charge in [0.05, 0.1) is 12.6 Å². The van der Waals surface area contributed by atoms with Crippen LogP contribution in [0.25, 0.3) is 11.4 Å². The molecule has 35 heavy (non-hydrogen) atoms. The Hall–Kier alpha value is -2.85. The molecule has 1 saturated carbocycles. The molecule has 2 saturated heterocycles. The number of carbonyl (C=O) groups excluding carboxylic acids is 1. The van der Waals surface area contributed by atoms with Gasteiger partial charge in [-0.05, 0) is 68.5 Å². The van der Waals surface area contributed by atoms with Crippen molar-refractivity contribution in [3.8, 4) is 11.4 Å². The molecule has 2 N–H and O–H groups in total. The predicted octanol–water partition coefficient (Wildman–Crippen LogP) is 2.00. The largest absolute Gasteiger partial charge is 0.480 e. The van der Waals surface area contributed by atoms with Crippen LogP contribution in [-0.4, -0.2) is 80.5 Å². The SMILES string of the molecule is CCOC(=O)C1CC(n2nnc(-c3ccccc3)n2)CN1CC1CCC2CNC(C(=O)O)CC2C1. The molecule has 0 spiro atoms. The van der Waals surface area contributed by atoms with Gasteiger partial charge in [0.25, 0.3) is 0 Å². The molecule has 1 aliphatic carbocycles. The van der Waals surface area contributed by atoms with Crippen LogP contribution in [-0.2, 0) is 14.3 Å². The summed E-state index contributed by atoms with van der Waals surface area (Å²) in [6.07, 6.45) is 4.48. The zero-order valence-corrected chi connectivity index (χ0v) is 20.1. The number of rotatable bonds is 7. The molecule has 0 bridgehead atoms. The highest BCUT2D eigenvalue weighted by molar-refractivity contribution is 5.76. The van der Waals surface area contributed by atoms with Gasteiger partial charge in [0, 0.05) is 18.7 Å².